The normalized spacial score (nSPS) is 10.8. The Kier molecular flexibility index (Phi) is 2.92. The minimum absolute atomic E-state index is 0.0712. The Morgan fingerprint density at radius 3 is 2.58 bits per heavy atom. The second-order valence-corrected chi connectivity index (χ2v) is 2.51. The summed E-state index contributed by atoms with van der Waals surface area (Å²) in [7, 11) is 0. The zero-order valence-corrected chi connectivity index (χ0v) is 6.65. The van der Waals surface area contributed by atoms with E-state index >= 15 is 0 Å². The lowest BCUT2D eigenvalue weighted by Gasteiger charge is -2.01. The van der Waals surface area contributed by atoms with Crippen molar-refractivity contribution in [3.63, 3.8) is 0 Å². The fourth-order valence-electron chi connectivity index (χ4n) is 0.716. The number of hydrogen-bond acceptors (Lipinski definition) is 1. The van der Waals surface area contributed by atoms with Crippen LogP contribution in [0.1, 0.15) is 17.8 Å². The Balaban J connectivity index is 3.05. The van der Waals surface area contributed by atoms with Crippen LogP contribution < -0.4 is 0 Å². The highest BCUT2D eigenvalue weighted by Crippen LogP contribution is 2.21. The van der Waals surface area contributed by atoms with E-state index in [1.807, 2.05) is 0 Å². The third-order valence-electron chi connectivity index (χ3n) is 1.29. The molecule has 1 nitrogen and oxygen atoms in total. The highest BCUT2D eigenvalue weighted by atomic mass is 35.5. The topological polar surface area (TPSA) is 12.9 Å². The molecule has 66 valence electrons. The van der Waals surface area contributed by atoms with Crippen LogP contribution in [-0.4, -0.2) is 4.98 Å². The fourth-order valence-corrected chi connectivity index (χ4v) is 0.872. The third kappa shape index (κ3) is 1.88. The SMILES string of the molecule is FCc1nc(C(F)F)ccc1Cl. The number of alkyl halides is 3. The van der Waals surface area contributed by atoms with Crippen molar-refractivity contribution in [1.29, 1.82) is 0 Å². The molecule has 0 bridgehead atoms. The van der Waals surface area contributed by atoms with Gasteiger partial charge in [0.05, 0.1) is 10.7 Å². The van der Waals surface area contributed by atoms with Crippen molar-refractivity contribution in [3.05, 3.63) is 28.5 Å². The van der Waals surface area contributed by atoms with Crippen molar-refractivity contribution in [2.75, 3.05) is 0 Å². The number of rotatable bonds is 2. The van der Waals surface area contributed by atoms with E-state index in [-0.39, 0.29) is 10.7 Å². The van der Waals surface area contributed by atoms with Crippen LogP contribution in [0.15, 0.2) is 12.1 Å². The van der Waals surface area contributed by atoms with Crippen LogP contribution in [0, 0.1) is 0 Å². The summed E-state index contributed by atoms with van der Waals surface area (Å²) in [5.74, 6) is 0. The van der Waals surface area contributed by atoms with Crippen molar-refractivity contribution in [2.45, 2.75) is 13.1 Å². The predicted octanol–water partition coefficient (Wildman–Crippen LogP) is 3.14. The summed E-state index contributed by atoms with van der Waals surface area (Å²) in [5.41, 5.74) is -0.596. The number of pyridine rings is 1. The first-order chi connectivity index (χ1) is 5.65. The molecular weight excluding hydrogens is 191 g/mol. The zero-order valence-electron chi connectivity index (χ0n) is 5.90. The van der Waals surface area contributed by atoms with Gasteiger partial charge in [0.1, 0.15) is 12.4 Å². The van der Waals surface area contributed by atoms with Crippen LogP contribution in [-0.2, 0) is 6.67 Å². The molecule has 0 aliphatic rings. The van der Waals surface area contributed by atoms with E-state index in [0.29, 0.717) is 0 Å². The van der Waals surface area contributed by atoms with E-state index in [9.17, 15) is 13.2 Å². The van der Waals surface area contributed by atoms with Gasteiger partial charge in [-0.05, 0) is 12.1 Å². The maximum absolute atomic E-state index is 12.0. The average Bonchev–Trinajstić information content (AvgIpc) is 2.05. The van der Waals surface area contributed by atoms with E-state index in [4.69, 9.17) is 11.6 Å². The average molecular weight is 196 g/mol. The summed E-state index contributed by atoms with van der Waals surface area (Å²) < 4.78 is 36.0. The molecule has 0 unspecified atom stereocenters. The van der Waals surface area contributed by atoms with E-state index in [1.165, 1.54) is 6.07 Å². The molecule has 0 amide bonds. The van der Waals surface area contributed by atoms with E-state index in [0.717, 1.165) is 6.07 Å². The zero-order chi connectivity index (χ0) is 9.14. The van der Waals surface area contributed by atoms with Gasteiger partial charge in [-0.3, -0.25) is 0 Å². The number of halogens is 4. The molecule has 1 heterocycles. The summed E-state index contributed by atoms with van der Waals surface area (Å²) in [6, 6.07) is 2.29. The Morgan fingerprint density at radius 1 is 1.42 bits per heavy atom. The van der Waals surface area contributed by atoms with E-state index in [1.54, 1.807) is 0 Å². The van der Waals surface area contributed by atoms with Gasteiger partial charge in [-0.1, -0.05) is 11.6 Å². The molecule has 1 aromatic heterocycles. The molecule has 0 saturated carbocycles. The van der Waals surface area contributed by atoms with Gasteiger partial charge >= 0.3 is 0 Å². The number of aromatic nitrogens is 1. The Labute approximate surface area is 72.2 Å². The molecule has 0 aliphatic carbocycles. The Hall–Kier alpha value is -0.770. The lowest BCUT2D eigenvalue weighted by Crippen LogP contribution is -1.94. The molecule has 0 saturated heterocycles. The van der Waals surface area contributed by atoms with Crippen LogP contribution in [0.4, 0.5) is 13.2 Å². The molecule has 0 aliphatic heterocycles. The summed E-state index contributed by atoms with van der Waals surface area (Å²) in [4.78, 5) is 3.33. The lowest BCUT2D eigenvalue weighted by atomic mass is 10.3. The second kappa shape index (κ2) is 3.76. The smallest absolute Gasteiger partial charge is 0.248 e. The van der Waals surface area contributed by atoms with Gasteiger partial charge in [0.2, 0.25) is 0 Å². The van der Waals surface area contributed by atoms with Gasteiger partial charge in [0, 0.05) is 0 Å². The lowest BCUT2D eigenvalue weighted by molar-refractivity contribution is 0.145. The van der Waals surface area contributed by atoms with Crippen molar-refractivity contribution in [2.24, 2.45) is 0 Å². The minimum atomic E-state index is -2.69. The maximum Gasteiger partial charge on any atom is 0.280 e. The first-order valence-electron chi connectivity index (χ1n) is 3.14. The molecule has 0 atom stereocenters. The first-order valence-corrected chi connectivity index (χ1v) is 3.52. The quantitative estimate of drug-likeness (QED) is 0.707. The molecule has 0 spiro atoms. The van der Waals surface area contributed by atoms with Gasteiger partial charge in [-0.25, -0.2) is 18.2 Å². The molecule has 1 rings (SSSR count). The summed E-state index contributed by atoms with van der Waals surface area (Å²) in [6.45, 7) is -0.931. The van der Waals surface area contributed by atoms with Gasteiger partial charge in [-0.15, -0.1) is 0 Å². The molecular formula is C7H5ClF3N. The third-order valence-corrected chi connectivity index (χ3v) is 1.63. The standard InChI is InChI=1S/C7H5ClF3N/c8-4-1-2-5(7(10)11)12-6(4)3-9/h1-2,7H,3H2. The first kappa shape index (κ1) is 9.32. The Bertz CT molecular complexity index is 277. The van der Waals surface area contributed by atoms with Crippen LogP contribution in [0.3, 0.4) is 0 Å². The van der Waals surface area contributed by atoms with E-state index in [2.05, 4.69) is 4.98 Å². The molecule has 0 aromatic carbocycles. The van der Waals surface area contributed by atoms with E-state index < -0.39 is 18.8 Å². The van der Waals surface area contributed by atoms with Crippen molar-refractivity contribution < 1.29 is 13.2 Å². The van der Waals surface area contributed by atoms with Crippen LogP contribution in [0.2, 0.25) is 5.02 Å². The Morgan fingerprint density at radius 2 is 2.08 bits per heavy atom. The molecule has 5 heteroatoms. The largest absolute Gasteiger partial charge is 0.280 e. The molecule has 0 N–H and O–H groups in total. The fraction of sp³-hybridized carbons (Fsp3) is 0.286. The van der Waals surface area contributed by atoms with Crippen molar-refractivity contribution in [1.82, 2.24) is 4.98 Å². The summed E-state index contributed by atoms with van der Waals surface area (Å²) in [6.07, 6.45) is -2.69. The van der Waals surface area contributed by atoms with Crippen LogP contribution in [0.25, 0.3) is 0 Å². The van der Waals surface area contributed by atoms with Crippen molar-refractivity contribution in [3.8, 4) is 0 Å². The second-order valence-electron chi connectivity index (χ2n) is 2.10. The highest BCUT2D eigenvalue weighted by molar-refractivity contribution is 6.31. The van der Waals surface area contributed by atoms with Crippen LogP contribution >= 0.6 is 11.6 Å². The molecule has 0 fully saturated rings. The number of nitrogens with zero attached hydrogens (tertiary/aromatic N) is 1. The highest BCUT2D eigenvalue weighted by Gasteiger charge is 2.11. The number of hydrogen-bond donors (Lipinski definition) is 0. The summed E-state index contributed by atoms with van der Waals surface area (Å²) in [5, 5.41) is 0.0712. The molecule has 0 radical (unpaired) electrons. The van der Waals surface area contributed by atoms with Gasteiger partial charge in [-0.2, -0.15) is 0 Å². The minimum Gasteiger partial charge on any atom is -0.248 e. The summed E-state index contributed by atoms with van der Waals surface area (Å²) >= 11 is 5.45. The van der Waals surface area contributed by atoms with Crippen molar-refractivity contribution >= 4 is 11.6 Å². The van der Waals surface area contributed by atoms with Gasteiger partial charge < -0.3 is 0 Å². The molecule has 12 heavy (non-hydrogen) atoms. The monoisotopic (exact) mass is 195 g/mol. The predicted molar refractivity (Wildman–Crippen MR) is 39.0 cm³/mol. The molecule has 1 aromatic rings. The van der Waals surface area contributed by atoms with Gasteiger partial charge in [0.25, 0.3) is 6.43 Å². The van der Waals surface area contributed by atoms with Crippen LogP contribution in [0.5, 0.6) is 0 Å². The maximum atomic E-state index is 12.0. The van der Waals surface area contributed by atoms with Gasteiger partial charge in [0.15, 0.2) is 0 Å².